The molecule has 8 heteroatoms. The number of hydrogen-bond acceptors (Lipinski definition) is 7. The summed E-state index contributed by atoms with van der Waals surface area (Å²) in [5, 5.41) is 3.21. The van der Waals surface area contributed by atoms with Crippen molar-refractivity contribution >= 4 is 17.4 Å². The normalized spacial score (nSPS) is 17.9. The second-order valence-electron chi connectivity index (χ2n) is 7.02. The third-order valence-corrected chi connectivity index (χ3v) is 5.30. The van der Waals surface area contributed by atoms with Crippen molar-refractivity contribution in [2.24, 2.45) is 0 Å². The predicted molar refractivity (Wildman–Crippen MR) is 107 cm³/mol. The molecule has 0 atom stereocenters. The molecule has 1 N–H and O–H groups in total. The summed E-state index contributed by atoms with van der Waals surface area (Å²) in [5.41, 5.74) is 1.32. The summed E-state index contributed by atoms with van der Waals surface area (Å²) in [6.07, 6.45) is 3.01. The van der Waals surface area contributed by atoms with Crippen molar-refractivity contribution in [2.45, 2.75) is 18.6 Å². The highest BCUT2D eigenvalue weighted by molar-refractivity contribution is 5.95. The highest BCUT2D eigenvalue weighted by atomic mass is 16.7. The number of aromatic nitrogens is 1. The number of nitrogens with one attached hydrogen (secondary N) is 1. The fraction of sp³-hybridized carbons (Fsp3) is 0.429. The summed E-state index contributed by atoms with van der Waals surface area (Å²) in [6, 6.07) is 8.94. The molecule has 1 amide bonds. The Bertz CT molecular complexity index is 872. The van der Waals surface area contributed by atoms with Gasteiger partial charge in [0.2, 0.25) is 0 Å². The van der Waals surface area contributed by atoms with Crippen molar-refractivity contribution in [3.05, 3.63) is 42.1 Å². The van der Waals surface area contributed by atoms with Gasteiger partial charge in [0.1, 0.15) is 17.3 Å². The first-order chi connectivity index (χ1) is 14.1. The van der Waals surface area contributed by atoms with Crippen LogP contribution >= 0.6 is 0 Å². The fourth-order valence-corrected chi connectivity index (χ4v) is 3.69. The van der Waals surface area contributed by atoms with Crippen LogP contribution in [0.1, 0.15) is 23.2 Å². The van der Waals surface area contributed by atoms with Gasteiger partial charge >= 0.3 is 0 Å². The van der Waals surface area contributed by atoms with Crippen LogP contribution in [-0.2, 0) is 9.47 Å². The first-order valence-corrected chi connectivity index (χ1v) is 9.65. The molecule has 4 rings (SSSR count). The smallest absolute Gasteiger partial charge is 0.254 e. The van der Waals surface area contributed by atoms with Gasteiger partial charge in [-0.2, -0.15) is 0 Å². The maximum Gasteiger partial charge on any atom is 0.254 e. The van der Waals surface area contributed by atoms with Gasteiger partial charge in [0.15, 0.2) is 5.79 Å². The zero-order valence-corrected chi connectivity index (χ0v) is 16.6. The van der Waals surface area contributed by atoms with E-state index in [1.165, 1.54) is 0 Å². The average Bonchev–Trinajstić information content (AvgIpc) is 3.22. The van der Waals surface area contributed by atoms with E-state index in [0.717, 1.165) is 5.69 Å². The average molecular weight is 399 g/mol. The molecule has 2 aliphatic rings. The Morgan fingerprint density at radius 1 is 1.10 bits per heavy atom. The Morgan fingerprint density at radius 2 is 1.86 bits per heavy atom. The van der Waals surface area contributed by atoms with Gasteiger partial charge in [-0.15, -0.1) is 0 Å². The molecule has 0 unspecified atom stereocenters. The molecule has 0 saturated carbocycles. The van der Waals surface area contributed by atoms with Crippen LogP contribution in [0.25, 0.3) is 0 Å². The summed E-state index contributed by atoms with van der Waals surface area (Å²) in [6.45, 7) is 2.47. The Kier molecular flexibility index (Phi) is 5.55. The summed E-state index contributed by atoms with van der Waals surface area (Å²) in [4.78, 5) is 19.1. The zero-order valence-electron chi connectivity index (χ0n) is 16.6. The maximum absolute atomic E-state index is 13.0. The van der Waals surface area contributed by atoms with Crippen molar-refractivity contribution in [3.8, 4) is 11.5 Å². The van der Waals surface area contributed by atoms with Gasteiger partial charge in [-0.25, -0.2) is 4.98 Å². The lowest BCUT2D eigenvalue weighted by molar-refractivity contribution is -0.181. The number of hydrogen-bond donors (Lipinski definition) is 1. The van der Waals surface area contributed by atoms with Crippen LogP contribution in [0.3, 0.4) is 0 Å². The van der Waals surface area contributed by atoms with Crippen LogP contribution in [0.2, 0.25) is 0 Å². The number of piperidine rings is 1. The Balaban J connectivity index is 1.45. The minimum atomic E-state index is -0.493. The van der Waals surface area contributed by atoms with Crippen LogP contribution in [0.5, 0.6) is 11.5 Å². The van der Waals surface area contributed by atoms with E-state index < -0.39 is 5.79 Å². The Morgan fingerprint density at radius 3 is 2.55 bits per heavy atom. The number of nitrogens with zero attached hydrogens (tertiary/aromatic N) is 2. The molecule has 1 aromatic heterocycles. The van der Waals surface area contributed by atoms with Crippen LogP contribution in [0.15, 0.2) is 36.5 Å². The van der Waals surface area contributed by atoms with Crippen LogP contribution in [-0.4, -0.2) is 62.1 Å². The number of carbonyl (C=O) groups is 1. The van der Waals surface area contributed by atoms with Crippen LogP contribution in [0.4, 0.5) is 11.5 Å². The van der Waals surface area contributed by atoms with Crippen molar-refractivity contribution < 1.29 is 23.7 Å². The lowest BCUT2D eigenvalue weighted by Crippen LogP contribution is -2.47. The molecule has 3 heterocycles. The first-order valence-electron chi connectivity index (χ1n) is 9.65. The predicted octanol–water partition coefficient (Wildman–Crippen LogP) is 2.82. The molecule has 0 bridgehead atoms. The number of likely N-dealkylation sites (tertiary alicyclic amines) is 1. The van der Waals surface area contributed by atoms with Gasteiger partial charge in [-0.05, 0) is 24.3 Å². The largest absolute Gasteiger partial charge is 0.497 e. The molecule has 1 aromatic carbocycles. The van der Waals surface area contributed by atoms with E-state index >= 15 is 0 Å². The Labute approximate surface area is 169 Å². The van der Waals surface area contributed by atoms with Gasteiger partial charge < -0.3 is 29.2 Å². The van der Waals surface area contributed by atoms with Gasteiger partial charge in [-0.3, -0.25) is 4.79 Å². The summed E-state index contributed by atoms with van der Waals surface area (Å²) >= 11 is 0. The highest BCUT2D eigenvalue weighted by Crippen LogP contribution is 2.33. The quantitative estimate of drug-likeness (QED) is 0.828. The number of benzene rings is 1. The van der Waals surface area contributed by atoms with Crippen LogP contribution < -0.4 is 14.8 Å². The van der Waals surface area contributed by atoms with E-state index in [1.54, 1.807) is 38.6 Å². The highest BCUT2D eigenvalue weighted by Gasteiger charge is 2.40. The standard InChI is InChI=1S/C21H25N3O5/c1-26-16-3-4-17(18(14-16)27-2)23-19-13-15(5-8-22-19)20(25)24-9-6-21(7-10-24)28-11-12-29-21/h3-5,8,13-14H,6-7,9-12H2,1-2H3,(H,22,23). The minimum absolute atomic E-state index is 0.0232. The minimum Gasteiger partial charge on any atom is -0.497 e. The molecule has 0 aliphatic carbocycles. The molecule has 2 saturated heterocycles. The number of methoxy groups -OCH3 is 2. The molecular weight excluding hydrogens is 374 g/mol. The number of amides is 1. The molecule has 1 spiro atoms. The second kappa shape index (κ2) is 8.26. The molecule has 2 aromatic rings. The SMILES string of the molecule is COc1ccc(Nc2cc(C(=O)N3CCC4(CC3)OCCO4)ccn2)c(OC)c1. The number of carbonyl (C=O) groups excluding carboxylic acids is 1. The van der Waals surface area contributed by atoms with E-state index in [1.807, 2.05) is 17.0 Å². The molecule has 8 nitrogen and oxygen atoms in total. The second-order valence-corrected chi connectivity index (χ2v) is 7.02. The van der Waals surface area contributed by atoms with Gasteiger partial charge in [0.05, 0.1) is 33.1 Å². The number of anilines is 2. The van der Waals surface area contributed by atoms with Gasteiger partial charge in [0, 0.05) is 43.8 Å². The van der Waals surface area contributed by atoms with E-state index in [0.29, 0.717) is 62.0 Å². The van der Waals surface area contributed by atoms with Crippen molar-refractivity contribution in [1.29, 1.82) is 0 Å². The Hall–Kier alpha value is -2.84. The van der Waals surface area contributed by atoms with Crippen LogP contribution in [0, 0.1) is 0 Å². The van der Waals surface area contributed by atoms with Gasteiger partial charge in [-0.1, -0.05) is 0 Å². The van der Waals surface area contributed by atoms with Crippen molar-refractivity contribution in [2.75, 3.05) is 45.8 Å². The molecule has 2 aliphatic heterocycles. The van der Waals surface area contributed by atoms with Crippen molar-refractivity contribution in [3.63, 3.8) is 0 Å². The van der Waals surface area contributed by atoms with E-state index in [4.69, 9.17) is 18.9 Å². The summed E-state index contributed by atoms with van der Waals surface area (Å²) in [5.74, 6) is 1.37. The third kappa shape index (κ3) is 4.13. The topological polar surface area (TPSA) is 82.2 Å². The monoisotopic (exact) mass is 399 g/mol. The zero-order chi connectivity index (χ0) is 20.3. The lowest BCUT2D eigenvalue weighted by atomic mass is 10.0. The number of ether oxygens (including phenoxy) is 4. The van der Waals surface area contributed by atoms with Gasteiger partial charge in [0.25, 0.3) is 5.91 Å². The summed E-state index contributed by atoms with van der Waals surface area (Å²) in [7, 11) is 3.19. The summed E-state index contributed by atoms with van der Waals surface area (Å²) < 4.78 is 22.1. The maximum atomic E-state index is 13.0. The molecule has 29 heavy (non-hydrogen) atoms. The third-order valence-electron chi connectivity index (χ3n) is 5.30. The first kappa shape index (κ1) is 19.5. The van der Waals surface area contributed by atoms with E-state index in [2.05, 4.69) is 10.3 Å². The molecule has 2 fully saturated rings. The lowest BCUT2D eigenvalue weighted by Gasteiger charge is -2.37. The van der Waals surface area contributed by atoms with Crippen molar-refractivity contribution in [1.82, 2.24) is 9.88 Å². The molecular formula is C21H25N3O5. The van der Waals surface area contributed by atoms with E-state index in [-0.39, 0.29) is 5.91 Å². The van der Waals surface area contributed by atoms with E-state index in [9.17, 15) is 4.79 Å². The fourth-order valence-electron chi connectivity index (χ4n) is 3.69. The molecule has 154 valence electrons. The molecule has 0 radical (unpaired) electrons. The number of rotatable bonds is 5. The number of pyridine rings is 1.